The predicted octanol–water partition coefficient (Wildman–Crippen LogP) is 3.00. The lowest BCUT2D eigenvalue weighted by molar-refractivity contribution is -0.128. The summed E-state index contributed by atoms with van der Waals surface area (Å²) in [4.78, 5) is 24.6. The predicted molar refractivity (Wildman–Crippen MR) is 95.8 cm³/mol. The molecular weight excluding hydrogens is 302 g/mol. The third-order valence-corrected chi connectivity index (χ3v) is 5.43. The summed E-state index contributed by atoms with van der Waals surface area (Å²) in [6.07, 6.45) is 4.47. The Morgan fingerprint density at radius 3 is 2.46 bits per heavy atom. The Balaban J connectivity index is 1.65. The van der Waals surface area contributed by atoms with Gasteiger partial charge >= 0.3 is 0 Å². The molecule has 1 saturated heterocycles. The van der Waals surface area contributed by atoms with Gasteiger partial charge in [-0.05, 0) is 49.6 Å². The number of carbonyl (C=O) groups is 2. The molecule has 0 bridgehead atoms. The lowest BCUT2D eigenvalue weighted by atomic mass is 9.67. The van der Waals surface area contributed by atoms with Crippen molar-refractivity contribution in [3.63, 3.8) is 0 Å². The van der Waals surface area contributed by atoms with E-state index in [1.807, 2.05) is 38.1 Å². The van der Waals surface area contributed by atoms with Crippen molar-refractivity contribution in [3.05, 3.63) is 24.3 Å². The minimum atomic E-state index is -0.247. The van der Waals surface area contributed by atoms with E-state index in [1.165, 1.54) is 6.42 Å². The standard InChI is InChI=1S/C19H27N3O2/c1-13(2)17(23)21-15-6-8-16(9-7-15)22-18(24)19-10-4-3-5-14(19)11-20-12-19/h6-9,13-14,20H,3-5,10-12H2,1-2H3,(H,21,23)(H,22,24)/t14-,19+/m0/s1. The molecule has 0 spiro atoms. The van der Waals surface area contributed by atoms with Gasteiger partial charge in [0.15, 0.2) is 0 Å². The summed E-state index contributed by atoms with van der Waals surface area (Å²) in [5, 5.41) is 9.35. The molecule has 0 unspecified atom stereocenters. The van der Waals surface area contributed by atoms with Crippen LogP contribution in [0.25, 0.3) is 0 Å². The van der Waals surface area contributed by atoms with Gasteiger partial charge in [-0.1, -0.05) is 26.7 Å². The van der Waals surface area contributed by atoms with Crippen LogP contribution in [0.2, 0.25) is 0 Å². The third-order valence-electron chi connectivity index (χ3n) is 5.43. The number of hydrogen-bond acceptors (Lipinski definition) is 3. The molecule has 2 fully saturated rings. The minimum Gasteiger partial charge on any atom is -0.326 e. The highest BCUT2D eigenvalue weighted by molar-refractivity contribution is 5.97. The fraction of sp³-hybridized carbons (Fsp3) is 0.579. The Kier molecular flexibility index (Phi) is 4.90. The highest BCUT2D eigenvalue weighted by Crippen LogP contribution is 2.44. The summed E-state index contributed by atoms with van der Waals surface area (Å²) in [5.74, 6) is 0.529. The zero-order valence-electron chi connectivity index (χ0n) is 14.5. The van der Waals surface area contributed by atoms with Crippen LogP contribution in [-0.2, 0) is 9.59 Å². The molecule has 0 radical (unpaired) electrons. The number of nitrogens with one attached hydrogen (secondary N) is 3. The van der Waals surface area contributed by atoms with E-state index in [2.05, 4.69) is 16.0 Å². The smallest absolute Gasteiger partial charge is 0.232 e. The molecule has 3 N–H and O–H groups in total. The van der Waals surface area contributed by atoms with Crippen molar-refractivity contribution in [2.75, 3.05) is 23.7 Å². The van der Waals surface area contributed by atoms with E-state index in [0.717, 1.165) is 43.7 Å². The van der Waals surface area contributed by atoms with Crippen molar-refractivity contribution in [1.29, 1.82) is 0 Å². The average Bonchev–Trinajstić information content (AvgIpc) is 3.01. The number of hydrogen-bond donors (Lipinski definition) is 3. The highest BCUT2D eigenvalue weighted by Gasteiger charge is 2.49. The van der Waals surface area contributed by atoms with Crippen LogP contribution in [0.4, 0.5) is 11.4 Å². The van der Waals surface area contributed by atoms with E-state index in [1.54, 1.807) is 0 Å². The van der Waals surface area contributed by atoms with Crippen molar-refractivity contribution in [2.24, 2.45) is 17.3 Å². The maximum Gasteiger partial charge on any atom is 0.232 e. The molecule has 1 aliphatic heterocycles. The second kappa shape index (κ2) is 6.93. The molecule has 0 aromatic heterocycles. The van der Waals surface area contributed by atoms with Gasteiger partial charge in [-0.2, -0.15) is 0 Å². The lowest BCUT2D eigenvalue weighted by Gasteiger charge is -2.37. The van der Waals surface area contributed by atoms with Crippen molar-refractivity contribution in [2.45, 2.75) is 39.5 Å². The van der Waals surface area contributed by atoms with Gasteiger partial charge in [-0.25, -0.2) is 0 Å². The molecule has 5 heteroatoms. The van der Waals surface area contributed by atoms with E-state index < -0.39 is 0 Å². The van der Waals surface area contributed by atoms with Crippen LogP contribution < -0.4 is 16.0 Å². The quantitative estimate of drug-likeness (QED) is 0.795. The summed E-state index contributed by atoms with van der Waals surface area (Å²) in [5.41, 5.74) is 1.29. The number of benzene rings is 1. The molecule has 1 saturated carbocycles. The number of fused-ring (bicyclic) bond motifs is 1. The van der Waals surface area contributed by atoms with Crippen LogP contribution in [0.1, 0.15) is 39.5 Å². The SMILES string of the molecule is CC(C)C(=O)Nc1ccc(NC(=O)[C@@]23CCCC[C@H]2CNC3)cc1. The molecule has 2 amide bonds. The van der Waals surface area contributed by atoms with Crippen LogP contribution in [0.5, 0.6) is 0 Å². The zero-order valence-corrected chi connectivity index (χ0v) is 14.5. The van der Waals surface area contributed by atoms with Gasteiger partial charge in [0.1, 0.15) is 0 Å². The number of rotatable bonds is 4. The number of anilines is 2. The molecule has 130 valence electrons. The highest BCUT2D eigenvalue weighted by atomic mass is 16.2. The Hall–Kier alpha value is -1.88. The zero-order chi connectivity index (χ0) is 17.2. The van der Waals surface area contributed by atoms with E-state index in [0.29, 0.717) is 5.92 Å². The second-order valence-corrected chi connectivity index (χ2v) is 7.41. The Morgan fingerprint density at radius 2 is 1.79 bits per heavy atom. The first-order valence-electron chi connectivity index (χ1n) is 8.94. The van der Waals surface area contributed by atoms with Crippen molar-refractivity contribution in [1.82, 2.24) is 5.32 Å². The Labute approximate surface area is 143 Å². The molecule has 2 aliphatic rings. The van der Waals surface area contributed by atoms with Crippen LogP contribution >= 0.6 is 0 Å². The van der Waals surface area contributed by atoms with E-state index >= 15 is 0 Å². The minimum absolute atomic E-state index is 0.00671. The molecule has 24 heavy (non-hydrogen) atoms. The second-order valence-electron chi connectivity index (χ2n) is 7.41. The maximum absolute atomic E-state index is 12.9. The summed E-state index contributed by atoms with van der Waals surface area (Å²) in [7, 11) is 0. The molecule has 5 nitrogen and oxygen atoms in total. The average molecular weight is 329 g/mol. The molecule has 2 atom stereocenters. The van der Waals surface area contributed by atoms with Gasteiger partial charge in [0.05, 0.1) is 5.41 Å². The van der Waals surface area contributed by atoms with Crippen LogP contribution in [-0.4, -0.2) is 24.9 Å². The Morgan fingerprint density at radius 1 is 1.12 bits per heavy atom. The number of amides is 2. The molecule has 1 heterocycles. The van der Waals surface area contributed by atoms with Gasteiger partial charge in [-0.15, -0.1) is 0 Å². The molecule has 1 aromatic rings. The summed E-state index contributed by atoms with van der Waals surface area (Å²) in [6, 6.07) is 7.37. The van der Waals surface area contributed by atoms with Crippen molar-refractivity contribution in [3.8, 4) is 0 Å². The normalized spacial score (nSPS) is 26.0. The Bertz CT molecular complexity index is 612. The lowest BCUT2D eigenvalue weighted by Crippen LogP contribution is -2.44. The van der Waals surface area contributed by atoms with Gasteiger partial charge in [0.25, 0.3) is 0 Å². The topological polar surface area (TPSA) is 70.2 Å². The van der Waals surface area contributed by atoms with E-state index in [9.17, 15) is 9.59 Å². The first kappa shape index (κ1) is 17.0. The fourth-order valence-electron chi connectivity index (χ4n) is 3.87. The largest absolute Gasteiger partial charge is 0.326 e. The van der Waals surface area contributed by atoms with E-state index in [-0.39, 0.29) is 23.1 Å². The van der Waals surface area contributed by atoms with Crippen LogP contribution in [0.3, 0.4) is 0 Å². The maximum atomic E-state index is 12.9. The van der Waals surface area contributed by atoms with Gasteiger partial charge in [-0.3, -0.25) is 9.59 Å². The molecule has 1 aromatic carbocycles. The molecule has 1 aliphatic carbocycles. The summed E-state index contributed by atoms with van der Waals surface area (Å²) >= 11 is 0. The first-order valence-corrected chi connectivity index (χ1v) is 8.94. The van der Waals surface area contributed by atoms with Crippen molar-refractivity contribution < 1.29 is 9.59 Å². The van der Waals surface area contributed by atoms with E-state index in [4.69, 9.17) is 0 Å². The monoisotopic (exact) mass is 329 g/mol. The number of carbonyl (C=O) groups excluding carboxylic acids is 2. The van der Waals surface area contributed by atoms with Crippen LogP contribution in [0.15, 0.2) is 24.3 Å². The molecular formula is C19H27N3O2. The summed E-state index contributed by atoms with van der Waals surface area (Å²) < 4.78 is 0. The van der Waals surface area contributed by atoms with Crippen LogP contribution in [0, 0.1) is 17.3 Å². The first-order chi connectivity index (χ1) is 11.5. The van der Waals surface area contributed by atoms with Gasteiger partial charge in [0.2, 0.25) is 11.8 Å². The van der Waals surface area contributed by atoms with Gasteiger partial charge in [0, 0.05) is 23.8 Å². The molecule has 3 rings (SSSR count). The summed E-state index contributed by atoms with van der Waals surface area (Å²) in [6.45, 7) is 5.46. The third kappa shape index (κ3) is 3.31. The fourth-order valence-corrected chi connectivity index (χ4v) is 3.87. The van der Waals surface area contributed by atoms with Gasteiger partial charge < -0.3 is 16.0 Å². The van der Waals surface area contributed by atoms with Crippen molar-refractivity contribution >= 4 is 23.2 Å².